The zero-order valence-electron chi connectivity index (χ0n) is 14.6. The number of carbonyl (C=O) groups excluding carboxylic acids is 1. The number of amides is 2. The first-order valence-electron chi connectivity index (χ1n) is 8.11. The summed E-state index contributed by atoms with van der Waals surface area (Å²) in [4.78, 5) is 16.3. The number of benzene rings is 2. The fraction of sp³-hybridized carbons (Fsp3) is 0.158. The van der Waals surface area contributed by atoms with E-state index in [-0.39, 0.29) is 17.1 Å². The largest absolute Gasteiger partial charge is 0.496 e. The molecule has 1 heterocycles. The van der Waals surface area contributed by atoms with Crippen molar-refractivity contribution in [3.05, 3.63) is 64.9 Å². The zero-order valence-corrected chi connectivity index (χ0v) is 15.4. The van der Waals surface area contributed by atoms with Gasteiger partial charge in [0.2, 0.25) is 0 Å². The number of urea groups is 1. The minimum absolute atomic E-state index is 0.0955. The van der Waals surface area contributed by atoms with Gasteiger partial charge in [0.1, 0.15) is 5.75 Å². The topological polar surface area (TPSA) is 63.2 Å². The lowest BCUT2D eigenvalue weighted by Crippen LogP contribution is -2.28. The van der Waals surface area contributed by atoms with Crippen LogP contribution in [0.2, 0.25) is 5.02 Å². The summed E-state index contributed by atoms with van der Waals surface area (Å²) in [7, 11) is 1.53. The lowest BCUT2D eigenvalue weighted by molar-refractivity contribution is -0.137. The summed E-state index contributed by atoms with van der Waals surface area (Å²) in [5.41, 5.74) is -0.152. The van der Waals surface area contributed by atoms with Crippen molar-refractivity contribution in [2.75, 3.05) is 12.4 Å². The number of ether oxygens (including phenoxy) is 1. The molecule has 0 spiro atoms. The molecular weight excluding hydrogens is 395 g/mol. The molecule has 1 aromatic heterocycles. The van der Waals surface area contributed by atoms with Crippen LogP contribution in [0.25, 0.3) is 10.8 Å². The quantitative estimate of drug-likeness (QED) is 0.619. The van der Waals surface area contributed by atoms with Gasteiger partial charge in [-0.05, 0) is 35.9 Å². The number of pyridine rings is 1. The van der Waals surface area contributed by atoms with Crippen molar-refractivity contribution < 1.29 is 22.7 Å². The molecular formula is C19H15ClF3N3O2. The predicted octanol–water partition coefficient (Wildman–Crippen LogP) is 5.24. The van der Waals surface area contributed by atoms with Crippen LogP contribution in [0, 0.1) is 0 Å². The van der Waals surface area contributed by atoms with E-state index in [2.05, 4.69) is 15.6 Å². The molecule has 2 aromatic carbocycles. The Kier molecular flexibility index (Phi) is 5.60. The smallest absolute Gasteiger partial charge is 0.417 e. The monoisotopic (exact) mass is 409 g/mol. The third kappa shape index (κ3) is 4.28. The lowest BCUT2D eigenvalue weighted by atomic mass is 10.1. The summed E-state index contributed by atoms with van der Waals surface area (Å²) in [6.07, 6.45) is -1.37. The maximum atomic E-state index is 12.9. The van der Waals surface area contributed by atoms with Gasteiger partial charge >= 0.3 is 12.2 Å². The van der Waals surface area contributed by atoms with Gasteiger partial charge in [-0.25, -0.2) is 4.79 Å². The Labute approximate surface area is 163 Å². The molecule has 0 aliphatic heterocycles. The Balaban J connectivity index is 1.73. The number of carbonyl (C=O) groups is 1. The first kappa shape index (κ1) is 19.8. The highest BCUT2D eigenvalue weighted by Crippen LogP contribution is 2.35. The second kappa shape index (κ2) is 7.93. The minimum Gasteiger partial charge on any atom is -0.496 e. The van der Waals surface area contributed by atoms with E-state index < -0.39 is 17.8 Å². The van der Waals surface area contributed by atoms with Gasteiger partial charge in [0.05, 0.1) is 23.4 Å². The number of hydrogen-bond acceptors (Lipinski definition) is 3. The number of alkyl halides is 3. The van der Waals surface area contributed by atoms with Crippen molar-refractivity contribution in [3.63, 3.8) is 0 Å². The van der Waals surface area contributed by atoms with Gasteiger partial charge in [-0.1, -0.05) is 17.7 Å². The van der Waals surface area contributed by atoms with Gasteiger partial charge in [-0.3, -0.25) is 4.98 Å². The third-order valence-corrected chi connectivity index (χ3v) is 4.37. The molecule has 28 heavy (non-hydrogen) atoms. The highest BCUT2D eigenvalue weighted by Gasteiger charge is 2.33. The summed E-state index contributed by atoms with van der Waals surface area (Å²) >= 11 is 5.60. The van der Waals surface area contributed by atoms with Crippen LogP contribution >= 0.6 is 11.6 Å². The molecule has 0 saturated heterocycles. The van der Waals surface area contributed by atoms with Gasteiger partial charge in [-0.2, -0.15) is 13.2 Å². The van der Waals surface area contributed by atoms with Gasteiger partial charge in [-0.15, -0.1) is 0 Å². The first-order chi connectivity index (χ1) is 13.3. The minimum atomic E-state index is -4.56. The Hall–Kier alpha value is -3.00. The van der Waals surface area contributed by atoms with Gasteiger partial charge in [0.25, 0.3) is 0 Å². The summed E-state index contributed by atoms with van der Waals surface area (Å²) in [6, 6.07) is 8.01. The Morgan fingerprint density at radius 2 is 1.96 bits per heavy atom. The van der Waals surface area contributed by atoms with Gasteiger partial charge < -0.3 is 15.4 Å². The normalized spacial score (nSPS) is 11.3. The number of nitrogens with zero attached hydrogens (tertiary/aromatic N) is 1. The van der Waals surface area contributed by atoms with Crippen molar-refractivity contribution in [3.8, 4) is 5.75 Å². The Morgan fingerprint density at radius 3 is 2.68 bits per heavy atom. The number of aromatic nitrogens is 1. The number of fused-ring (bicyclic) bond motifs is 1. The standard InChI is InChI=1S/C19H15ClF3N3O2/c1-28-17-5-4-16(12-6-7-24-10-13(12)17)26-18(27)25-9-11-2-3-15(20)14(8-11)19(21,22)23/h2-8,10H,9H2,1H3,(H2,25,26,27). The van der Waals surface area contributed by atoms with Crippen LogP contribution in [-0.2, 0) is 12.7 Å². The van der Waals surface area contributed by atoms with E-state index in [1.165, 1.54) is 13.2 Å². The molecule has 2 amide bonds. The van der Waals surface area contributed by atoms with Crippen LogP contribution in [0.3, 0.4) is 0 Å². The molecule has 0 aliphatic rings. The highest BCUT2D eigenvalue weighted by molar-refractivity contribution is 6.31. The summed E-state index contributed by atoms with van der Waals surface area (Å²) < 4.78 is 44.0. The zero-order chi connectivity index (χ0) is 20.3. The van der Waals surface area contributed by atoms with Crippen molar-refractivity contribution in [1.82, 2.24) is 10.3 Å². The summed E-state index contributed by atoms with van der Waals surface area (Å²) in [5, 5.41) is 6.26. The van der Waals surface area contributed by atoms with Gasteiger partial charge in [0, 0.05) is 29.7 Å². The SMILES string of the molecule is COc1ccc(NC(=O)NCc2ccc(Cl)c(C(F)(F)F)c2)c2ccncc12. The first-order valence-corrected chi connectivity index (χ1v) is 8.48. The molecule has 0 bridgehead atoms. The fourth-order valence-corrected chi connectivity index (χ4v) is 2.92. The number of methoxy groups -OCH3 is 1. The van der Waals surface area contributed by atoms with E-state index in [4.69, 9.17) is 16.3 Å². The van der Waals surface area contributed by atoms with E-state index in [0.717, 1.165) is 22.9 Å². The second-order valence-corrected chi connectivity index (χ2v) is 6.26. The fourth-order valence-electron chi connectivity index (χ4n) is 2.70. The molecule has 146 valence electrons. The van der Waals surface area contributed by atoms with E-state index in [1.807, 2.05) is 0 Å². The summed E-state index contributed by atoms with van der Waals surface area (Å²) in [6.45, 7) is -0.0955. The summed E-state index contributed by atoms with van der Waals surface area (Å²) in [5.74, 6) is 0.606. The maximum absolute atomic E-state index is 12.9. The van der Waals surface area contributed by atoms with Crippen molar-refractivity contribution in [2.24, 2.45) is 0 Å². The molecule has 0 fully saturated rings. The molecule has 0 saturated carbocycles. The average Bonchev–Trinajstić information content (AvgIpc) is 2.66. The van der Waals surface area contributed by atoms with E-state index >= 15 is 0 Å². The van der Waals surface area contributed by atoms with E-state index in [9.17, 15) is 18.0 Å². The number of anilines is 1. The Morgan fingerprint density at radius 1 is 1.18 bits per heavy atom. The average molecular weight is 410 g/mol. The van der Waals surface area contributed by atoms with Crippen LogP contribution in [0.4, 0.5) is 23.7 Å². The van der Waals surface area contributed by atoms with Crippen LogP contribution < -0.4 is 15.4 Å². The molecule has 3 aromatic rings. The maximum Gasteiger partial charge on any atom is 0.417 e. The Bertz CT molecular complexity index is 1020. The molecule has 9 heteroatoms. The molecule has 0 atom stereocenters. The number of rotatable bonds is 4. The van der Waals surface area contributed by atoms with E-state index in [0.29, 0.717) is 11.4 Å². The number of halogens is 4. The number of hydrogen-bond donors (Lipinski definition) is 2. The molecule has 0 aliphatic carbocycles. The van der Waals surface area contributed by atoms with Crippen LogP contribution in [-0.4, -0.2) is 18.1 Å². The van der Waals surface area contributed by atoms with E-state index in [1.54, 1.807) is 30.6 Å². The molecule has 3 rings (SSSR count). The molecule has 0 radical (unpaired) electrons. The molecule has 5 nitrogen and oxygen atoms in total. The molecule has 2 N–H and O–H groups in total. The van der Waals surface area contributed by atoms with Crippen LogP contribution in [0.15, 0.2) is 48.8 Å². The second-order valence-electron chi connectivity index (χ2n) is 5.86. The lowest BCUT2D eigenvalue weighted by Gasteiger charge is -2.13. The van der Waals surface area contributed by atoms with Crippen LogP contribution in [0.1, 0.15) is 11.1 Å². The van der Waals surface area contributed by atoms with Crippen molar-refractivity contribution in [1.29, 1.82) is 0 Å². The number of nitrogens with one attached hydrogen (secondary N) is 2. The molecule has 0 unspecified atom stereocenters. The predicted molar refractivity (Wildman–Crippen MR) is 101 cm³/mol. The van der Waals surface area contributed by atoms with Crippen molar-refractivity contribution >= 4 is 34.1 Å². The van der Waals surface area contributed by atoms with Gasteiger partial charge in [0.15, 0.2) is 0 Å². The van der Waals surface area contributed by atoms with Crippen LogP contribution in [0.5, 0.6) is 5.75 Å². The van der Waals surface area contributed by atoms with Crippen molar-refractivity contribution in [2.45, 2.75) is 12.7 Å². The highest BCUT2D eigenvalue weighted by atomic mass is 35.5. The third-order valence-electron chi connectivity index (χ3n) is 4.04.